The van der Waals surface area contributed by atoms with Crippen molar-refractivity contribution in [3.63, 3.8) is 0 Å². The Balaban J connectivity index is 1.57. The van der Waals surface area contributed by atoms with Crippen LogP contribution in [0.2, 0.25) is 0 Å². The third-order valence-electron chi connectivity index (χ3n) is 5.70. The molecule has 1 unspecified atom stereocenters. The summed E-state index contributed by atoms with van der Waals surface area (Å²) in [5.41, 5.74) is 9.53. The highest BCUT2D eigenvalue weighted by molar-refractivity contribution is 9.10. The van der Waals surface area contributed by atoms with Crippen LogP contribution in [0.4, 0.5) is 5.82 Å². The molecule has 4 rings (SSSR count). The van der Waals surface area contributed by atoms with Crippen molar-refractivity contribution in [2.24, 2.45) is 5.10 Å². The number of likely N-dealkylation sites (tertiary alicyclic amines) is 1. The van der Waals surface area contributed by atoms with Crippen LogP contribution in [-0.2, 0) is 6.54 Å². The number of hydrogen-bond donors (Lipinski definition) is 3. The van der Waals surface area contributed by atoms with Gasteiger partial charge in [-0.25, -0.2) is 10.1 Å². The molecule has 1 amide bonds. The maximum atomic E-state index is 13.0. The van der Waals surface area contributed by atoms with Gasteiger partial charge in [-0.3, -0.25) is 9.69 Å². The van der Waals surface area contributed by atoms with Crippen molar-refractivity contribution < 1.29 is 19.3 Å². The van der Waals surface area contributed by atoms with E-state index in [-0.39, 0.29) is 23.1 Å². The fraction of sp³-hybridized carbons (Fsp3) is 0.429. The first-order chi connectivity index (χ1) is 16.9. The quantitative estimate of drug-likeness (QED) is 0.280. The normalized spacial score (nSPS) is 16.6. The van der Waals surface area contributed by atoms with Gasteiger partial charge in [0.25, 0.3) is 5.91 Å². The SMILES string of the molecule is CCOc1cc(/C=N\NC(=O)c2nnn(-c3nonc3N)c2CN2CCCCC2C)cc(Br)c1O. The van der Waals surface area contributed by atoms with Crippen molar-refractivity contribution >= 4 is 33.9 Å². The van der Waals surface area contributed by atoms with Gasteiger partial charge in [0.15, 0.2) is 17.2 Å². The molecule has 35 heavy (non-hydrogen) atoms. The molecule has 0 spiro atoms. The van der Waals surface area contributed by atoms with E-state index in [1.807, 2.05) is 6.92 Å². The molecule has 0 aliphatic carbocycles. The zero-order valence-corrected chi connectivity index (χ0v) is 20.9. The number of amides is 1. The highest BCUT2D eigenvalue weighted by Crippen LogP contribution is 2.35. The standard InChI is InChI=1S/C21H26BrN9O4/c1-3-34-16-9-13(8-14(22)18(16)32)10-24-26-21(33)17-15(11-30-7-5-4-6-12(30)2)31(29-25-17)20-19(23)27-35-28-20/h8-10,12,32H,3-7,11H2,1-2H3,(H2,23,27)(H,26,33)/b24-10-. The average molecular weight is 548 g/mol. The Hall–Kier alpha value is -3.52. The van der Waals surface area contributed by atoms with Gasteiger partial charge in [0.1, 0.15) is 0 Å². The fourth-order valence-electron chi connectivity index (χ4n) is 3.86. The molecule has 1 atom stereocenters. The van der Waals surface area contributed by atoms with E-state index in [4.69, 9.17) is 15.1 Å². The van der Waals surface area contributed by atoms with Gasteiger partial charge in [-0.15, -0.1) is 5.10 Å². The number of phenolic OH excluding ortho intramolecular Hbond substituents is 1. The number of carbonyl (C=O) groups excluding carboxylic acids is 1. The number of ether oxygens (including phenoxy) is 1. The van der Waals surface area contributed by atoms with Gasteiger partial charge in [-0.05, 0) is 77.2 Å². The lowest BCUT2D eigenvalue weighted by atomic mass is 10.0. The smallest absolute Gasteiger partial charge is 0.293 e. The van der Waals surface area contributed by atoms with Crippen molar-refractivity contribution in [1.29, 1.82) is 0 Å². The molecule has 186 valence electrons. The summed E-state index contributed by atoms with van der Waals surface area (Å²) >= 11 is 3.28. The van der Waals surface area contributed by atoms with Crippen molar-refractivity contribution in [2.45, 2.75) is 45.7 Å². The molecule has 0 saturated carbocycles. The monoisotopic (exact) mass is 547 g/mol. The number of carbonyl (C=O) groups is 1. The molecule has 3 aromatic rings. The van der Waals surface area contributed by atoms with Crippen LogP contribution in [0, 0.1) is 0 Å². The largest absolute Gasteiger partial charge is 0.503 e. The van der Waals surface area contributed by atoms with Gasteiger partial charge in [0, 0.05) is 12.6 Å². The second-order valence-electron chi connectivity index (χ2n) is 8.07. The predicted molar refractivity (Wildman–Crippen MR) is 129 cm³/mol. The predicted octanol–water partition coefficient (Wildman–Crippen LogP) is 2.24. The number of nitrogen functional groups attached to an aromatic ring is 1. The molecule has 2 aromatic heterocycles. The molecule has 14 heteroatoms. The number of aromatic nitrogens is 5. The van der Waals surface area contributed by atoms with Crippen molar-refractivity contribution in [3.05, 3.63) is 33.6 Å². The zero-order chi connectivity index (χ0) is 24.9. The van der Waals surface area contributed by atoms with Gasteiger partial charge >= 0.3 is 0 Å². The van der Waals surface area contributed by atoms with E-state index in [1.165, 1.54) is 10.9 Å². The minimum atomic E-state index is -0.551. The van der Waals surface area contributed by atoms with Crippen LogP contribution < -0.4 is 15.9 Å². The topological polar surface area (TPSA) is 170 Å². The number of rotatable bonds is 8. The molecular formula is C21H26BrN9O4. The lowest BCUT2D eigenvalue weighted by Crippen LogP contribution is -2.38. The van der Waals surface area contributed by atoms with Crippen LogP contribution in [0.25, 0.3) is 5.82 Å². The minimum absolute atomic E-state index is 0.0112. The van der Waals surface area contributed by atoms with Gasteiger partial charge in [0.05, 0.1) is 23.0 Å². The Kier molecular flexibility index (Phi) is 7.60. The molecule has 4 N–H and O–H groups in total. The molecular weight excluding hydrogens is 522 g/mol. The average Bonchev–Trinajstić information content (AvgIpc) is 3.44. The lowest BCUT2D eigenvalue weighted by molar-refractivity contribution is 0.0945. The number of benzene rings is 1. The summed E-state index contributed by atoms with van der Waals surface area (Å²) in [6, 6.07) is 3.59. The van der Waals surface area contributed by atoms with Crippen LogP contribution in [-0.4, -0.2) is 66.6 Å². The lowest BCUT2D eigenvalue weighted by Gasteiger charge is -2.33. The number of phenols is 1. The van der Waals surface area contributed by atoms with E-state index < -0.39 is 5.91 Å². The van der Waals surface area contributed by atoms with Gasteiger partial charge < -0.3 is 15.6 Å². The number of hydrogen-bond acceptors (Lipinski definition) is 11. The molecule has 1 fully saturated rings. The van der Waals surface area contributed by atoms with Crippen LogP contribution in [0.3, 0.4) is 0 Å². The number of halogens is 1. The first-order valence-electron chi connectivity index (χ1n) is 11.1. The van der Waals surface area contributed by atoms with Crippen LogP contribution in [0.5, 0.6) is 11.5 Å². The number of piperidine rings is 1. The van der Waals surface area contributed by atoms with E-state index >= 15 is 0 Å². The van der Waals surface area contributed by atoms with E-state index in [1.54, 1.807) is 12.1 Å². The van der Waals surface area contributed by atoms with Gasteiger partial charge in [-0.1, -0.05) is 11.6 Å². The van der Waals surface area contributed by atoms with E-state index in [0.29, 0.717) is 40.7 Å². The number of nitrogens with two attached hydrogens (primary N) is 1. The number of nitrogens with zero attached hydrogens (tertiary/aromatic N) is 7. The first-order valence-corrected chi connectivity index (χ1v) is 11.9. The fourth-order valence-corrected chi connectivity index (χ4v) is 4.32. The first kappa shape index (κ1) is 24.6. The number of aromatic hydroxyl groups is 1. The highest BCUT2D eigenvalue weighted by atomic mass is 79.9. The zero-order valence-electron chi connectivity index (χ0n) is 19.3. The van der Waals surface area contributed by atoms with E-state index in [2.05, 4.69) is 58.9 Å². The second-order valence-corrected chi connectivity index (χ2v) is 8.92. The maximum Gasteiger partial charge on any atom is 0.293 e. The summed E-state index contributed by atoms with van der Waals surface area (Å²) in [6.07, 6.45) is 4.72. The summed E-state index contributed by atoms with van der Waals surface area (Å²) in [4.78, 5) is 15.3. The molecule has 1 aliphatic rings. The Bertz CT molecular complexity index is 1230. The summed E-state index contributed by atoms with van der Waals surface area (Å²) in [5.74, 6) is -0.0600. The van der Waals surface area contributed by atoms with Crippen molar-refractivity contribution in [3.8, 4) is 17.3 Å². The number of anilines is 1. The van der Waals surface area contributed by atoms with Crippen LogP contribution >= 0.6 is 15.9 Å². The number of hydrazone groups is 1. The van der Waals surface area contributed by atoms with E-state index in [9.17, 15) is 9.90 Å². The maximum absolute atomic E-state index is 13.0. The van der Waals surface area contributed by atoms with Gasteiger partial charge in [-0.2, -0.15) is 9.78 Å². The Morgan fingerprint density at radius 3 is 2.97 bits per heavy atom. The molecule has 13 nitrogen and oxygen atoms in total. The molecule has 1 aromatic carbocycles. The Morgan fingerprint density at radius 2 is 2.26 bits per heavy atom. The Morgan fingerprint density at radius 1 is 1.43 bits per heavy atom. The summed E-state index contributed by atoms with van der Waals surface area (Å²) in [7, 11) is 0. The van der Waals surface area contributed by atoms with Crippen molar-refractivity contribution in [1.82, 2.24) is 35.6 Å². The summed E-state index contributed by atoms with van der Waals surface area (Å²) < 4.78 is 11.9. The second kappa shape index (κ2) is 10.8. The molecule has 0 radical (unpaired) electrons. The van der Waals surface area contributed by atoms with E-state index in [0.717, 1.165) is 25.8 Å². The minimum Gasteiger partial charge on any atom is -0.503 e. The van der Waals surface area contributed by atoms with Crippen molar-refractivity contribution in [2.75, 3.05) is 18.9 Å². The third-order valence-corrected chi connectivity index (χ3v) is 6.30. The number of nitrogens with one attached hydrogen (secondary N) is 1. The summed E-state index contributed by atoms with van der Waals surface area (Å²) in [5, 5.41) is 29.7. The molecule has 0 bridgehead atoms. The highest BCUT2D eigenvalue weighted by Gasteiger charge is 2.28. The molecule has 1 saturated heterocycles. The molecule has 3 heterocycles. The van der Waals surface area contributed by atoms with Crippen LogP contribution in [0.1, 0.15) is 54.9 Å². The third kappa shape index (κ3) is 5.43. The molecule has 1 aliphatic heterocycles. The van der Waals surface area contributed by atoms with Gasteiger partial charge in [0.2, 0.25) is 11.6 Å². The summed E-state index contributed by atoms with van der Waals surface area (Å²) in [6.45, 7) is 5.64. The van der Waals surface area contributed by atoms with Crippen LogP contribution in [0.15, 0.2) is 26.3 Å². The Labute approximate surface area is 209 Å².